The van der Waals surface area contributed by atoms with E-state index >= 15 is 0 Å². The van der Waals surface area contributed by atoms with Gasteiger partial charge in [0, 0.05) is 27.6 Å². The minimum absolute atomic E-state index is 0.150. The molecule has 2 rings (SSSR count). The molecule has 0 bridgehead atoms. The number of halogens is 2. The van der Waals surface area contributed by atoms with Crippen molar-refractivity contribution in [2.24, 2.45) is 0 Å². The van der Waals surface area contributed by atoms with E-state index in [-0.39, 0.29) is 6.04 Å². The Morgan fingerprint density at radius 3 is 3.00 bits per heavy atom. The minimum Gasteiger partial charge on any atom is -0.385 e. The van der Waals surface area contributed by atoms with Crippen LogP contribution in [0.1, 0.15) is 18.9 Å². The Labute approximate surface area is 121 Å². The molecule has 2 atom stereocenters. The second-order valence-corrected chi connectivity index (χ2v) is 6.06. The highest BCUT2D eigenvalue weighted by molar-refractivity contribution is 9.10. The van der Waals surface area contributed by atoms with Crippen LogP contribution in [0, 0.1) is 0 Å². The Morgan fingerprint density at radius 1 is 1.61 bits per heavy atom. The third-order valence-corrected chi connectivity index (χ3v) is 4.12. The van der Waals surface area contributed by atoms with Gasteiger partial charge >= 0.3 is 0 Å². The number of ether oxygens (including phenoxy) is 1. The summed E-state index contributed by atoms with van der Waals surface area (Å²) in [5, 5.41) is 14.6. The molecule has 100 valence electrons. The van der Waals surface area contributed by atoms with Crippen molar-refractivity contribution in [3.63, 3.8) is 0 Å². The fourth-order valence-corrected chi connectivity index (χ4v) is 3.63. The smallest absolute Gasteiger partial charge is 0.0909 e. The van der Waals surface area contributed by atoms with E-state index in [1.807, 2.05) is 12.1 Å². The van der Waals surface area contributed by atoms with Crippen molar-refractivity contribution >= 4 is 27.5 Å². The Hall–Kier alpha value is -0.130. The van der Waals surface area contributed by atoms with Crippen LogP contribution < -0.4 is 5.32 Å². The zero-order chi connectivity index (χ0) is 13.2. The number of hydrogen-bond donors (Lipinski definition) is 2. The van der Waals surface area contributed by atoms with Gasteiger partial charge in [-0.05, 0) is 25.5 Å². The number of nitrogens with one attached hydrogen (secondary N) is 1. The molecule has 3 nitrogen and oxygen atoms in total. The molecular weight excluding hydrogens is 318 g/mol. The molecule has 18 heavy (non-hydrogen) atoms. The van der Waals surface area contributed by atoms with Gasteiger partial charge in [0.2, 0.25) is 0 Å². The predicted molar refractivity (Wildman–Crippen MR) is 75.9 cm³/mol. The largest absolute Gasteiger partial charge is 0.385 e. The van der Waals surface area contributed by atoms with Gasteiger partial charge in [0.15, 0.2) is 0 Å². The first-order valence-corrected chi connectivity index (χ1v) is 7.16. The molecular formula is C13H17BrClNO2. The summed E-state index contributed by atoms with van der Waals surface area (Å²) in [6.07, 6.45) is 0.565. The second kappa shape index (κ2) is 5.88. The lowest BCUT2D eigenvalue weighted by molar-refractivity contribution is 0.00285. The molecule has 0 spiro atoms. The summed E-state index contributed by atoms with van der Waals surface area (Å²) in [5.41, 5.74) is -0.255. The molecule has 1 saturated heterocycles. The Morgan fingerprint density at radius 2 is 2.39 bits per heavy atom. The maximum atomic E-state index is 10.7. The number of benzene rings is 1. The normalized spacial score (nSPS) is 23.7. The van der Waals surface area contributed by atoms with Crippen molar-refractivity contribution in [2.45, 2.75) is 25.0 Å². The number of hydrogen-bond acceptors (Lipinski definition) is 3. The lowest BCUT2D eigenvalue weighted by Gasteiger charge is -2.32. The van der Waals surface area contributed by atoms with Gasteiger partial charge in [0.05, 0.1) is 18.8 Å². The number of rotatable bonds is 3. The molecule has 1 heterocycles. The Balaban J connectivity index is 2.18. The average molecular weight is 335 g/mol. The van der Waals surface area contributed by atoms with E-state index < -0.39 is 5.60 Å². The zero-order valence-corrected chi connectivity index (χ0v) is 12.6. The summed E-state index contributed by atoms with van der Waals surface area (Å²) < 4.78 is 6.24. The molecule has 1 aliphatic rings. The van der Waals surface area contributed by atoms with E-state index in [2.05, 4.69) is 21.2 Å². The van der Waals surface area contributed by atoms with Gasteiger partial charge in [-0.3, -0.25) is 0 Å². The van der Waals surface area contributed by atoms with E-state index in [1.165, 1.54) is 0 Å². The van der Waals surface area contributed by atoms with Crippen LogP contribution in [-0.4, -0.2) is 30.9 Å². The van der Waals surface area contributed by atoms with Crippen LogP contribution in [0.2, 0.25) is 5.02 Å². The summed E-state index contributed by atoms with van der Waals surface area (Å²) >= 11 is 9.64. The highest BCUT2D eigenvalue weighted by atomic mass is 79.9. The fourth-order valence-electron chi connectivity index (χ4n) is 2.35. The molecule has 0 saturated carbocycles. The SMILES string of the molecule is CC(O)(CC1COCCN1)c1c(Cl)cccc1Br. The van der Waals surface area contributed by atoms with E-state index in [1.54, 1.807) is 13.0 Å². The van der Waals surface area contributed by atoms with Crippen molar-refractivity contribution < 1.29 is 9.84 Å². The van der Waals surface area contributed by atoms with E-state index in [0.29, 0.717) is 18.1 Å². The quantitative estimate of drug-likeness (QED) is 0.893. The van der Waals surface area contributed by atoms with Crippen LogP contribution in [0.4, 0.5) is 0 Å². The third-order valence-electron chi connectivity index (χ3n) is 3.14. The summed E-state index contributed by atoms with van der Waals surface area (Å²) in [7, 11) is 0. The minimum atomic E-state index is -0.991. The molecule has 0 radical (unpaired) electrons. The highest BCUT2D eigenvalue weighted by Gasteiger charge is 2.32. The van der Waals surface area contributed by atoms with E-state index in [4.69, 9.17) is 16.3 Å². The van der Waals surface area contributed by atoms with Crippen LogP contribution in [0.25, 0.3) is 0 Å². The summed E-state index contributed by atoms with van der Waals surface area (Å²) in [5.74, 6) is 0. The van der Waals surface area contributed by atoms with Crippen molar-refractivity contribution in [1.29, 1.82) is 0 Å². The van der Waals surface area contributed by atoms with Gasteiger partial charge in [-0.15, -0.1) is 0 Å². The number of aliphatic hydroxyl groups is 1. The molecule has 0 aromatic heterocycles. The molecule has 0 aliphatic carbocycles. The molecule has 5 heteroatoms. The van der Waals surface area contributed by atoms with Crippen LogP contribution in [0.15, 0.2) is 22.7 Å². The second-order valence-electron chi connectivity index (χ2n) is 4.80. The first-order chi connectivity index (χ1) is 8.50. The maximum Gasteiger partial charge on any atom is 0.0909 e. The van der Waals surface area contributed by atoms with Crippen molar-refractivity contribution in [3.05, 3.63) is 33.3 Å². The van der Waals surface area contributed by atoms with Crippen LogP contribution >= 0.6 is 27.5 Å². The van der Waals surface area contributed by atoms with Gasteiger partial charge in [0.25, 0.3) is 0 Å². The first-order valence-electron chi connectivity index (χ1n) is 5.99. The lowest BCUT2D eigenvalue weighted by Crippen LogP contribution is -2.45. The van der Waals surface area contributed by atoms with Gasteiger partial charge in [-0.1, -0.05) is 33.6 Å². The topological polar surface area (TPSA) is 41.5 Å². The lowest BCUT2D eigenvalue weighted by atomic mass is 9.89. The molecule has 1 aromatic rings. The average Bonchev–Trinajstić information content (AvgIpc) is 2.28. The molecule has 1 aliphatic heterocycles. The number of morpholine rings is 1. The van der Waals surface area contributed by atoms with Crippen molar-refractivity contribution in [1.82, 2.24) is 5.32 Å². The first kappa shape index (κ1) is 14.3. The van der Waals surface area contributed by atoms with Crippen LogP contribution in [0.5, 0.6) is 0 Å². The van der Waals surface area contributed by atoms with E-state index in [9.17, 15) is 5.11 Å². The third kappa shape index (κ3) is 3.25. The monoisotopic (exact) mass is 333 g/mol. The van der Waals surface area contributed by atoms with Gasteiger partial charge in [0.1, 0.15) is 0 Å². The molecule has 1 fully saturated rings. The molecule has 0 amide bonds. The molecule has 2 N–H and O–H groups in total. The maximum absolute atomic E-state index is 10.7. The zero-order valence-electron chi connectivity index (χ0n) is 10.2. The van der Waals surface area contributed by atoms with Crippen molar-refractivity contribution in [3.8, 4) is 0 Å². The standard InChI is InChI=1S/C13H17BrClNO2/c1-13(17,7-9-8-18-6-5-16-9)12-10(14)3-2-4-11(12)15/h2-4,9,16-17H,5-8H2,1H3. The van der Waals surface area contributed by atoms with Crippen LogP contribution in [0.3, 0.4) is 0 Å². The Bertz CT molecular complexity index is 399. The van der Waals surface area contributed by atoms with Gasteiger partial charge in [-0.25, -0.2) is 0 Å². The van der Waals surface area contributed by atoms with Crippen molar-refractivity contribution in [2.75, 3.05) is 19.8 Å². The molecule has 2 unspecified atom stereocenters. The van der Waals surface area contributed by atoms with Gasteiger partial charge < -0.3 is 15.2 Å². The summed E-state index contributed by atoms with van der Waals surface area (Å²) in [4.78, 5) is 0. The van der Waals surface area contributed by atoms with E-state index in [0.717, 1.165) is 23.2 Å². The molecule has 1 aromatic carbocycles. The van der Waals surface area contributed by atoms with Crippen LogP contribution in [-0.2, 0) is 10.3 Å². The highest BCUT2D eigenvalue weighted by Crippen LogP contribution is 2.37. The predicted octanol–water partition coefficient (Wildman–Crippen LogP) is 2.69. The van der Waals surface area contributed by atoms with Gasteiger partial charge in [-0.2, -0.15) is 0 Å². The Kier molecular flexibility index (Phi) is 4.67. The summed E-state index contributed by atoms with van der Waals surface area (Å²) in [6.45, 7) is 3.96. The summed E-state index contributed by atoms with van der Waals surface area (Å²) in [6, 6.07) is 5.69. The fraction of sp³-hybridized carbons (Fsp3) is 0.538.